The van der Waals surface area contributed by atoms with Crippen LogP contribution in [0.15, 0.2) is 79.4 Å². The highest BCUT2D eigenvalue weighted by molar-refractivity contribution is 6.30. The smallest absolute Gasteiger partial charge is 0.159 e. The maximum absolute atomic E-state index is 6.18. The van der Waals surface area contributed by atoms with Crippen LogP contribution < -0.4 is 0 Å². The van der Waals surface area contributed by atoms with Crippen LogP contribution in [0.2, 0.25) is 5.02 Å². The molecule has 2 aromatic carbocycles. The van der Waals surface area contributed by atoms with Crippen LogP contribution in [0, 0.1) is 13.8 Å². The number of rotatable bonds is 5. The van der Waals surface area contributed by atoms with Gasteiger partial charge >= 0.3 is 0 Å². The molecule has 5 rings (SSSR count). The highest BCUT2D eigenvalue weighted by atomic mass is 35.5. The lowest BCUT2D eigenvalue weighted by molar-refractivity contribution is 0.895. The number of imidazole rings is 1. The van der Waals surface area contributed by atoms with Gasteiger partial charge in [-0.05, 0) is 56.0 Å². The van der Waals surface area contributed by atoms with Crippen LogP contribution in [0.4, 0.5) is 0 Å². The van der Waals surface area contributed by atoms with Crippen molar-refractivity contribution in [2.75, 3.05) is 0 Å². The molecule has 0 saturated heterocycles. The van der Waals surface area contributed by atoms with Gasteiger partial charge < -0.3 is 0 Å². The van der Waals surface area contributed by atoms with Gasteiger partial charge in [0.25, 0.3) is 0 Å². The number of pyridine rings is 1. The average molecular weight is 439 g/mol. The number of halogens is 1. The van der Waals surface area contributed by atoms with Gasteiger partial charge in [0.15, 0.2) is 5.65 Å². The minimum atomic E-state index is 0.712. The van der Waals surface area contributed by atoms with Crippen LogP contribution in [0.3, 0.4) is 0 Å². The first-order valence-electron chi connectivity index (χ1n) is 10.7. The van der Waals surface area contributed by atoms with Crippen molar-refractivity contribution in [3.05, 3.63) is 107 Å². The lowest BCUT2D eigenvalue weighted by Crippen LogP contribution is -2.01. The molecule has 5 aromatic rings. The van der Waals surface area contributed by atoms with Gasteiger partial charge in [-0.15, -0.1) is 0 Å². The van der Waals surface area contributed by atoms with Gasteiger partial charge in [0.2, 0.25) is 0 Å². The minimum absolute atomic E-state index is 0.712. The van der Waals surface area contributed by atoms with Crippen LogP contribution in [-0.4, -0.2) is 19.4 Å². The van der Waals surface area contributed by atoms with Gasteiger partial charge in [-0.1, -0.05) is 53.6 Å². The fraction of sp³-hybridized carbons (Fsp3) is 0.148. The van der Waals surface area contributed by atoms with E-state index in [9.17, 15) is 0 Å². The maximum Gasteiger partial charge on any atom is 0.159 e. The molecule has 0 aliphatic carbocycles. The molecule has 0 N–H and O–H groups in total. The van der Waals surface area contributed by atoms with Gasteiger partial charge in [0.1, 0.15) is 0 Å². The predicted octanol–water partition coefficient (Wildman–Crippen LogP) is 6.51. The Morgan fingerprint density at radius 3 is 2.50 bits per heavy atom. The molecular formula is C27H23ClN4. The lowest BCUT2D eigenvalue weighted by atomic mass is 10.0. The third kappa shape index (κ3) is 4.02. The fourth-order valence-electron chi connectivity index (χ4n) is 4.14. The molecule has 0 radical (unpaired) electrons. The van der Waals surface area contributed by atoms with E-state index in [-0.39, 0.29) is 0 Å². The monoisotopic (exact) mass is 438 g/mol. The summed E-state index contributed by atoms with van der Waals surface area (Å²) in [6.07, 6.45) is 9.30. The first kappa shape index (κ1) is 20.4. The first-order chi connectivity index (χ1) is 15.6. The van der Waals surface area contributed by atoms with E-state index in [1.807, 2.05) is 49.1 Å². The second-order valence-corrected chi connectivity index (χ2v) is 8.54. The minimum Gasteiger partial charge on any atom is -0.297 e. The molecule has 0 amide bonds. The van der Waals surface area contributed by atoms with Gasteiger partial charge in [-0.3, -0.25) is 14.4 Å². The average Bonchev–Trinajstić information content (AvgIpc) is 3.22. The van der Waals surface area contributed by atoms with E-state index in [1.165, 1.54) is 16.7 Å². The van der Waals surface area contributed by atoms with Crippen LogP contribution in [-0.2, 0) is 12.8 Å². The number of hydrogen-bond acceptors (Lipinski definition) is 3. The number of aromatic nitrogens is 4. The van der Waals surface area contributed by atoms with Crippen molar-refractivity contribution in [3.8, 4) is 22.5 Å². The molecule has 5 heteroatoms. The second kappa shape index (κ2) is 8.56. The van der Waals surface area contributed by atoms with E-state index < -0.39 is 0 Å². The van der Waals surface area contributed by atoms with E-state index in [0.29, 0.717) is 5.02 Å². The Morgan fingerprint density at radius 1 is 0.844 bits per heavy atom. The van der Waals surface area contributed by atoms with Crippen molar-refractivity contribution in [3.63, 3.8) is 0 Å². The zero-order valence-corrected chi connectivity index (χ0v) is 18.8. The Labute approximate surface area is 192 Å². The van der Waals surface area contributed by atoms with Crippen molar-refractivity contribution in [2.45, 2.75) is 26.7 Å². The first-order valence-corrected chi connectivity index (χ1v) is 11.1. The van der Waals surface area contributed by atoms with Crippen LogP contribution in [0.1, 0.15) is 22.4 Å². The molecular weight excluding hydrogens is 416 g/mol. The van der Waals surface area contributed by atoms with Crippen molar-refractivity contribution >= 4 is 17.2 Å². The second-order valence-electron chi connectivity index (χ2n) is 8.10. The van der Waals surface area contributed by atoms with E-state index >= 15 is 0 Å². The number of fused-ring (bicyclic) bond motifs is 1. The zero-order chi connectivity index (χ0) is 22.1. The number of nitrogens with zero attached hydrogens (tertiary/aromatic N) is 4. The number of benzene rings is 2. The number of aryl methyl sites for hydroxylation is 4. The third-order valence-electron chi connectivity index (χ3n) is 5.70. The molecule has 0 aliphatic heterocycles. The SMILES string of the molecule is Cc1cccc(-c2ncc(CCc3nccn4c(-c5cccc(Cl)c5)cnc34)cc2C)c1. The van der Waals surface area contributed by atoms with Gasteiger partial charge in [0.05, 0.1) is 23.3 Å². The van der Waals surface area contributed by atoms with E-state index in [2.05, 4.69) is 58.5 Å². The van der Waals surface area contributed by atoms with Gasteiger partial charge in [0, 0.05) is 34.7 Å². The van der Waals surface area contributed by atoms with Crippen molar-refractivity contribution in [2.24, 2.45) is 0 Å². The highest BCUT2D eigenvalue weighted by Crippen LogP contribution is 2.26. The predicted molar refractivity (Wildman–Crippen MR) is 130 cm³/mol. The lowest BCUT2D eigenvalue weighted by Gasteiger charge is -2.09. The zero-order valence-electron chi connectivity index (χ0n) is 18.1. The fourth-order valence-corrected chi connectivity index (χ4v) is 4.33. The molecule has 0 atom stereocenters. The Hall–Kier alpha value is -3.50. The Morgan fingerprint density at radius 2 is 1.69 bits per heavy atom. The summed E-state index contributed by atoms with van der Waals surface area (Å²) in [4.78, 5) is 14.0. The number of hydrogen-bond donors (Lipinski definition) is 0. The topological polar surface area (TPSA) is 43.1 Å². The van der Waals surface area contributed by atoms with Crippen molar-refractivity contribution < 1.29 is 0 Å². The highest BCUT2D eigenvalue weighted by Gasteiger charge is 2.12. The molecule has 3 aromatic heterocycles. The quantitative estimate of drug-likeness (QED) is 0.314. The van der Waals surface area contributed by atoms with Crippen molar-refractivity contribution in [1.29, 1.82) is 0 Å². The molecule has 0 aliphatic rings. The molecule has 4 nitrogen and oxygen atoms in total. The molecule has 0 saturated carbocycles. The molecule has 0 unspecified atom stereocenters. The summed E-state index contributed by atoms with van der Waals surface area (Å²) in [6, 6.07) is 18.5. The largest absolute Gasteiger partial charge is 0.297 e. The summed E-state index contributed by atoms with van der Waals surface area (Å²) in [5.41, 5.74) is 9.71. The standard InChI is InChI=1S/C27H23ClN4/c1-18-5-3-7-22(13-18)26-19(2)14-20(16-30-26)9-10-24-27-31-17-25(32(27)12-11-29-24)21-6-4-8-23(28)15-21/h3-8,11-17H,9-10H2,1-2H3. The maximum atomic E-state index is 6.18. The summed E-state index contributed by atoms with van der Waals surface area (Å²) in [5, 5.41) is 0.712. The molecule has 158 valence electrons. The van der Waals surface area contributed by atoms with E-state index in [0.717, 1.165) is 46.7 Å². The molecule has 0 spiro atoms. The van der Waals surface area contributed by atoms with Gasteiger partial charge in [-0.2, -0.15) is 0 Å². The van der Waals surface area contributed by atoms with Crippen LogP contribution >= 0.6 is 11.6 Å². The van der Waals surface area contributed by atoms with Crippen LogP contribution in [0.25, 0.3) is 28.2 Å². The Balaban J connectivity index is 1.39. The van der Waals surface area contributed by atoms with E-state index in [4.69, 9.17) is 16.6 Å². The summed E-state index contributed by atoms with van der Waals surface area (Å²) in [7, 11) is 0. The molecule has 0 fully saturated rings. The van der Waals surface area contributed by atoms with Crippen molar-refractivity contribution in [1.82, 2.24) is 19.4 Å². The summed E-state index contributed by atoms with van der Waals surface area (Å²) in [6.45, 7) is 4.23. The van der Waals surface area contributed by atoms with E-state index in [1.54, 1.807) is 0 Å². The Kier molecular flexibility index (Phi) is 5.46. The molecule has 32 heavy (non-hydrogen) atoms. The summed E-state index contributed by atoms with van der Waals surface area (Å²) in [5.74, 6) is 0. The summed E-state index contributed by atoms with van der Waals surface area (Å²) >= 11 is 6.18. The van der Waals surface area contributed by atoms with Crippen LogP contribution in [0.5, 0.6) is 0 Å². The Bertz CT molecular complexity index is 1420. The molecule has 0 bridgehead atoms. The molecule has 3 heterocycles. The summed E-state index contributed by atoms with van der Waals surface area (Å²) < 4.78 is 2.08. The normalized spacial score (nSPS) is 11.2. The third-order valence-corrected chi connectivity index (χ3v) is 5.93. The van der Waals surface area contributed by atoms with Gasteiger partial charge in [-0.25, -0.2) is 4.98 Å².